The highest BCUT2D eigenvalue weighted by atomic mass is 35.5. The predicted octanol–water partition coefficient (Wildman–Crippen LogP) is 1.07. The molecule has 2 heterocycles. The maximum atomic E-state index is 12.2. The first-order valence-corrected chi connectivity index (χ1v) is 6.01. The van der Waals surface area contributed by atoms with Crippen molar-refractivity contribution in [3.8, 4) is 0 Å². The van der Waals surface area contributed by atoms with E-state index in [9.17, 15) is 9.59 Å². The zero-order valence-electron chi connectivity index (χ0n) is 10.0. The van der Waals surface area contributed by atoms with Gasteiger partial charge in [0.1, 0.15) is 5.15 Å². The number of aromatic nitrogens is 1. The van der Waals surface area contributed by atoms with Gasteiger partial charge in [-0.25, -0.2) is 4.98 Å². The van der Waals surface area contributed by atoms with E-state index in [0.29, 0.717) is 25.1 Å². The Morgan fingerprint density at radius 3 is 2.83 bits per heavy atom. The summed E-state index contributed by atoms with van der Waals surface area (Å²) in [6.07, 6.45) is 2.08. The second-order valence-corrected chi connectivity index (χ2v) is 5.16. The first-order valence-electron chi connectivity index (χ1n) is 5.63. The van der Waals surface area contributed by atoms with Crippen molar-refractivity contribution in [1.29, 1.82) is 0 Å². The lowest BCUT2D eigenvalue weighted by atomic mass is 9.89. The van der Waals surface area contributed by atoms with Crippen molar-refractivity contribution in [1.82, 2.24) is 9.88 Å². The highest BCUT2D eigenvalue weighted by molar-refractivity contribution is 6.29. The summed E-state index contributed by atoms with van der Waals surface area (Å²) in [7, 11) is 0. The average molecular weight is 268 g/mol. The van der Waals surface area contributed by atoms with Crippen LogP contribution >= 0.6 is 11.6 Å². The standard InChI is InChI=1S/C12H14ClN3O2/c1-12(11(14)18)3-5-16(7-12)10(17)8-2-4-15-9(13)6-8/h2,4,6H,3,5,7H2,1H3,(H2,14,18). The molecule has 0 aromatic carbocycles. The lowest BCUT2D eigenvalue weighted by Crippen LogP contribution is -2.38. The van der Waals surface area contributed by atoms with Crippen molar-refractivity contribution in [2.24, 2.45) is 11.1 Å². The Kier molecular flexibility index (Phi) is 3.26. The van der Waals surface area contributed by atoms with Crippen molar-refractivity contribution >= 4 is 23.4 Å². The zero-order chi connectivity index (χ0) is 13.3. The molecule has 1 fully saturated rings. The third-order valence-electron chi connectivity index (χ3n) is 3.33. The predicted molar refractivity (Wildman–Crippen MR) is 67.1 cm³/mol. The quantitative estimate of drug-likeness (QED) is 0.815. The molecule has 0 radical (unpaired) electrons. The molecule has 1 aliphatic rings. The zero-order valence-corrected chi connectivity index (χ0v) is 10.8. The Hall–Kier alpha value is -1.62. The van der Waals surface area contributed by atoms with Gasteiger partial charge < -0.3 is 10.6 Å². The van der Waals surface area contributed by atoms with Crippen LogP contribution in [0.15, 0.2) is 18.3 Å². The Balaban J connectivity index is 2.15. The molecule has 5 nitrogen and oxygen atoms in total. The maximum Gasteiger partial charge on any atom is 0.254 e. The van der Waals surface area contributed by atoms with E-state index in [-0.39, 0.29) is 17.0 Å². The molecule has 1 aliphatic heterocycles. The normalized spacial score (nSPS) is 23.1. The summed E-state index contributed by atoms with van der Waals surface area (Å²) in [5, 5.41) is 0.276. The molecule has 2 N–H and O–H groups in total. The first kappa shape index (κ1) is 12.8. The number of pyridine rings is 1. The van der Waals surface area contributed by atoms with Gasteiger partial charge in [0.05, 0.1) is 5.41 Å². The van der Waals surface area contributed by atoms with Crippen molar-refractivity contribution < 1.29 is 9.59 Å². The molecule has 1 atom stereocenters. The Bertz CT molecular complexity index is 506. The van der Waals surface area contributed by atoms with Gasteiger partial charge in [-0.3, -0.25) is 9.59 Å². The number of nitrogens with two attached hydrogens (primary N) is 1. The number of primary amides is 1. The van der Waals surface area contributed by atoms with Gasteiger partial charge in [0.25, 0.3) is 5.91 Å². The summed E-state index contributed by atoms with van der Waals surface area (Å²) in [6, 6.07) is 3.12. The summed E-state index contributed by atoms with van der Waals surface area (Å²) in [5.41, 5.74) is 5.19. The van der Waals surface area contributed by atoms with Gasteiger partial charge in [0.15, 0.2) is 0 Å². The molecule has 2 rings (SSSR count). The molecule has 0 saturated carbocycles. The minimum atomic E-state index is -0.632. The van der Waals surface area contributed by atoms with Gasteiger partial charge in [0, 0.05) is 24.8 Å². The molecule has 0 aliphatic carbocycles. The number of hydrogen-bond donors (Lipinski definition) is 1. The summed E-state index contributed by atoms with van der Waals surface area (Å²) >= 11 is 5.75. The van der Waals surface area contributed by atoms with Crippen LogP contribution in [0.4, 0.5) is 0 Å². The number of carbonyl (C=O) groups excluding carboxylic acids is 2. The van der Waals surface area contributed by atoms with Crippen molar-refractivity contribution in [3.05, 3.63) is 29.0 Å². The number of hydrogen-bond acceptors (Lipinski definition) is 3. The molecular weight excluding hydrogens is 254 g/mol. The van der Waals surface area contributed by atoms with Gasteiger partial charge in [-0.05, 0) is 25.5 Å². The number of likely N-dealkylation sites (tertiary alicyclic amines) is 1. The van der Waals surface area contributed by atoms with E-state index in [1.165, 1.54) is 12.3 Å². The van der Waals surface area contributed by atoms with Gasteiger partial charge in [-0.1, -0.05) is 11.6 Å². The number of nitrogens with zero attached hydrogens (tertiary/aromatic N) is 2. The molecule has 1 unspecified atom stereocenters. The summed E-state index contributed by atoms with van der Waals surface area (Å²) in [5.74, 6) is -0.519. The van der Waals surface area contributed by atoms with Crippen LogP contribution in [0.2, 0.25) is 5.15 Å². The third kappa shape index (κ3) is 2.31. The molecular formula is C12H14ClN3O2. The van der Waals surface area contributed by atoms with E-state index >= 15 is 0 Å². The number of halogens is 1. The van der Waals surface area contributed by atoms with E-state index in [1.807, 2.05) is 0 Å². The smallest absolute Gasteiger partial charge is 0.254 e. The third-order valence-corrected chi connectivity index (χ3v) is 3.54. The summed E-state index contributed by atoms with van der Waals surface area (Å²) in [6.45, 7) is 2.65. The van der Waals surface area contributed by atoms with Crippen molar-refractivity contribution in [3.63, 3.8) is 0 Å². The van der Waals surface area contributed by atoms with Crippen molar-refractivity contribution in [2.45, 2.75) is 13.3 Å². The fourth-order valence-electron chi connectivity index (χ4n) is 2.05. The highest BCUT2D eigenvalue weighted by Crippen LogP contribution is 2.30. The largest absolute Gasteiger partial charge is 0.369 e. The van der Waals surface area contributed by atoms with Gasteiger partial charge in [0.2, 0.25) is 5.91 Å². The van der Waals surface area contributed by atoms with E-state index in [1.54, 1.807) is 17.9 Å². The van der Waals surface area contributed by atoms with E-state index in [4.69, 9.17) is 17.3 Å². The Morgan fingerprint density at radius 1 is 1.56 bits per heavy atom. The van der Waals surface area contributed by atoms with E-state index in [2.05, 4.69) is 4.98 Å². The molecule has 0 spiro atoms. The molecule has 18 heavy (non-hydrogen) atoms. The van der Waals surface area contributed by atoms with Crippen LogP contribution in [0.3, 0.4) is 0 Å². The highest BCUT2D eigenvalue weighted by Gasteiger charge is 2.40. The van der Waals surface area contributed by atoms with Crippen LogP contribution in [-0.2, 0) is 4.79 Å². The molecule has 96 valence electrons. The second kappa shape index (κ2) is 4.57. The monoisotopic (exact) mass is 267 g/mol. The fourth-order valence-corrected chi connectivity index (χ4v) is 2.23. The fraction of sp³-hybridized carbons (Fsp3) is 0.417. The minimum absolute atomic E-state index is 0.149. The first-order chi connectivity index (χ1) is 8.42. The van der Waals surface area contributed by atoms with Crippen LogP contribution in [0.5, 0.6) is 0 Å². The molecule has 1 aromatic heterocycles. The lowest BCUT2D eigenvalue weighted by molar-refractivity contribution is -0.126. The molecule has 1 saturated heterocycles. The second-order valence-electron chi connectivity index (χ2n) is 4.77. The van der Waals surface area contributed by atoms with Crippen molar-refractivity contribution in [2.75, 3.05) is 13.1 Å². The summed E-state index contributed by atoms with van der Waals surface area (Å²) < 4.78 is 0. The maximum absolute atomic E-state index is 12.2. The molecule has 6 heteroatoms. The topological polar surface area (TPSA) is 76.3 Å². The molecule has 1 aromatic rings. The Labute approximate surface area is 110 Å². The average Bonchev–Trinajstić information content (AvgIpc) is 2.72. The molecule has 2 amide bonds. The Morgan fingerprint density at radius 2 is 2.28 bits per heavy atom. The van der Waals surface area contributed by atoms with Gasteiger partial charge >= 0.3 is 0 Å². The van der Waals surface area contributed by atoms with Gasteiger partial charge in [-0.2, -0.15) is 0 Å². The van der Waals surface area contributed by atoms with Gasteiger partial charge in [-0.15, -0.1) is 0 Å². The van der Waals surface area contributed by atoms with Crippen LogP contribution in [0.1, 0.15) is 23.7 Å². The van der Waals surface area contributed by atoms with E-state index in [0.717, 1.165) is 0 Å². The SMILES string of the molecule is CC1(C(N)=O)CCN(C(=O)c2ccnc(Cl)c2)C1. The minimum Gasteiger partial charge on any atom is -0.369 e. The van der Waals surface area contributed by atoms with E-state index < -0.39 is 5.41 Å². The number of rotatable bonds is 2. The van der Waals surface area contributed by atoms with Crippen LogP contribution in [0.25, 0.3) is 0 Å². The van der Waals surface area contributed by atoms with Crippen LogP contribution in [-0.4, -0.2) is 34.8 Å². The van der Waals surface area contributed by atoms with Crippen LogP contribution in [0, 0.1) is 5.41 Å². The number of carbonyl (C=O) groups is 2. The number of amides is 2. The lowest BCUT2D eigenvalue weighted by Gasteiger charge is -2.21. The van der Waals surface area contributed by atoms with Crippen LogP contribution < -0.4 is 5.73 Å². The summed E-state index contributed by atoms with van der Waals surface area (Å²) in [4.78, 5) is 29.0. The molecule has 0 bridgehead atoms.